The number of nitrogens with one attached hydrogen (secondary N) is 2. The van der Waals surface area contributed by atoms with Crippen molar-refractivity contribution in [3.8, 4) is 0 Å². The summed E-state index contributed by atoms with van der Waals surface area (Å²) in [6.45, 7) is 0.571. The van der Waals surface area contributed by atoms with Crippen molar-refractivity contribution in [3.05, 3.63) is 82.3 Å². The van der Waals surface area contributed by atoms with Crippen molar-refractivity contribution in [2.24, 2.45) is 0 Å². The number of carbonyl (C=O) groups excluding carboxylic acids is 1. The van der Waals surface area contributed by atoms with Crippen LogP contribution in [0.4, 0.5) is 0 Å². The summed E-state index contributed by atoms with van der Waals surface area (Å²) >= 11 is 1.78. The maximum atomic E-state index is 11.9. The molecule has 3 aromatic rings. The van der Waals surface area contributed by atoms with Gasteiger partial charge < -0.3 is 10.3 Å². The van der Waals surface area contributed by atoms with Crippen LogP contribution < -0.4 is 10.9 Å². The third kappa shape index (κ3) is 4.06. The highest BCUT2D eigenvalue weighted by atomic mass is 32.2. The van der Waals surface area contributed by atoms with Crippen LogP contribution in [0, 0.1) is 0 Å². The molecule has 0 saturated carbocycles. The van der Waals surface area contributed by atoms with Gasteiger partial charge in [-0.15, -0.1) is 0 Å². The highest BCUT2D eigenvalue weighted by Crippen LogP contribution is 2.22. The quantitative estimate of drug-likeness (QED) is 0.679. The summed E-state index contributed by atoms with van der Waals surface area (Å²) in [6.07, 6.45) is 1.48. The number of H-pyrrole nitrogens is 1. The Morgan fingerprint density at radius 1 is 1.08 bits per heavy atom. The Kier molecular flexibility index (Phi) is 5.33. The maximum absolute atomic E-state index is 11.9. The van der Waals surface area contributed by atoms with Crippen LogP contribution in [0.15, 0.2) is 65.6 Å². The molecule has 0 aliphatic heterocycles. The highest BCUT2D eigenvalue weighted by molar-refractivity contribution is 7.98. The smallest absolute Gasteiger partial charge is 0.251 e. The number of hydrogen-bond acceptors (Lipinski definition) is 3. The molecule has 0 atom stereocenters. The van der Waals surface area contributed by atoms with E-state index in [4.69, 9.17) is 0 Å². The molecule has 0 fully saturated rings. The van der Waals surface area contributed by atoms with E-state index in [1.165, 1.54) is 28.6 Å². The van der Waals surface area contributed by atoms with Gasteiger partial charge in [0.1, 0.15) is 0 Å². The van der Waals surface area contributed by atoms with Gasteiger partial charge in [0.15, 0.2) is 0 Å². The van der Waals surface area contributed by atoms with Crippen molar-refractivity contribution < 1.29 is 4.79 Å². The first-order chi connectivity index (χ1) is 11.7. The van der Waals surface area contributed by atoms with Gasteiger partial charge in [-0.3, -0.25) is 9.59 Å². The molecule has 0 aliphatic carbocycles. The van der Waals surface area contributed by atoms with Gasteiger partial charge in [0, 0.05) is 35.9 Å². The zero-order chi connectivity index (χ0) is 16.8. The minimum absolute atomic E-state index is 0.216. The molecule has 0 spiro atoms. The van der Waals surface area contributed by atoms with Gasteiger partial charge in [-0.2, -0.15) is 11.8 Å². The largest absolute Gasteiger partial charge is 0.351 e. The van der Waals surface area contributed by atoms with E-state index in [0.29, 0.717) is 12.1 Å². The first kappa shape index (κ1) is 16.3. The molecule has 1 amide bonds. The summed E-state index contributed by atoms with van der Waals surface area (Å²) in [7, 11) is 0. The Labute approximate surface area is 144 Å². The normalized spacial score (nSPS) is 10.7. The Morgan fingerprint density at radius 3 is 2.79 bits per heavy atom. The number of fused-ring (bicyclic) bond motifs is 1. The summed E-state index contributed by atoms with van der Waals surface area (Å²) in [5.74, 6) is 1.51. The molecule has 1 aromatic heterocycles. The number of thioether (sulfide) groups is 1. The van der Waals surface area contributed by atoms with Crippen molar-refractivity contribution in [2.75, 3.05) is 12.3 Å². The van der Waals surface area contributed by atoms with Crippen LogP contribution in [0.25, 0.3) is 10.8 Å². The van der Waals surface area contributed by atoms with E-state index < -0.39 is 0 Å². The highest BCUT2D eigenvalue weighted by Gasteiger charge is 2.05. The summed E-state index contributed by atoms with van der Waals surface area (Å²) in [6, 6.07) is 17.6. The number of aromatic amines is 1. The summed E-state index contributed by atoms with van der Waals surface area (Å²) in [5.41, 5.74) is 1.42. The third-order valence-electron chi connectivity index (χ3n) is 3.71. The monoisotopic (exact) mass is 338 g/mol. The van der Waals surface area contributed by atoms with Crippen molar-refractivity contribution >= 4 is 28.4 Å². The first-order valence-corrected chi connectivity index (χ1v) is 8.91. The Bertz CT molecular complexity index is 900. The number of pyridine rings is 1. The lowest BCUT2D eigenvalue weighted by molar-refractivity contribution is 0.0956. The minimum atomic E-state index is -0.270. The number of amides is 1. The molecule has 0 bridgehead atoms. The van der Waals surface area contributed by atoms with Gasteiger partial charge in [0.05, 0.1) is 0 Å². The van der Waals surface area contributed by atoms with Crippen molar-refractivity contribution in [2.45, 2.75) is 5.75 Å². The lowest BCUT2D eigenvalue weighted by Crippen LogP contribution is -2.26. The number of aromatic nitrogens is 1. The topological polar surface area (TPSA) is 62.0 Å². The van der Waals surface area contributed by atoms with Crippen LogP contribution >= 0.6 is 11.8 Å². The first-order valence-electron chi connectivity index (χ1n) is 7.75. The molecular weight excluding hydrogens is 320 g/mol. The van der Waals surface area contributed by atoms with Gasteiger partial charge in [-0.05, 0) is 22.4 Å². The van der Waals surface area contributed by atoms with Gasteiger partial charge in [0.2, 0.25) is 5.56 Å². The van der Waals surface area contributed by atoms with E-state index in [1.54, 1.807) is 17.8 Å². The van der Waals surface area contributed by atoms with Crippen molar-refractivity contribution in [1.29, 1.82) is 0 Å². The second-order valence-corrected chi connectivity index (χ2v) is 6.49. The second kappa shape index (κ2) is 7.84. The molecule has 24 heavy (non-hydrogen) atoms. The average Bonchev–Trinajstić information content (AvgIpc) is 2.61. The standard InChI is InChI=1S/C19H18N2O2S/c22-18-12-15(8-9-20-18)19(23)21-10-11-24-13-16-6-3-5-14-4-1-2-7-17(14)16/h1-9,12H,10-11,13H2,(H,20,22)(H,21,23). The van der Waals surface area contributed by atoms with Gasteiger partial charge in [0.25, 0.3) is 5.91 Å². The van der Waals surface area contributed by atoms with Gasteiger partial charge in [-0.25, -0.2) is 0 Å². The van der Waals surface area contributed by atoms with E-state index in [-0.39, 0.29) is 11.5 Å². The van der Waals surface area contributed by atoms with E-state index in [1.807, 2.05) is 6.07 Å². The fourth-order valence-electron chi connectivity index (χ4n) is 2.53. The summed E-state index contributed by atoms with van der Waals surface area (Å²) < 4.78 is 0. The molecule has 0 radical (unpaired) electrons. The van der Waals surface area contributed by atoms with E-state index in [2.05, 4.69) is 46.7 Å². The number of hydrogen-bond donors (Lipinski definition) is 2. The maximum Gasteiger partial charge on any atom is 0.251 e. The van der Waals surface area contributed by atoms with Crippen LogP contribution in [0.1, 0.15) is 15.9 Å². The predicted octanol–water partition coefficient (Wildman–Crippen LogP) is 3.19. The third-order valence-corrected chi connectivity index (χ3v) is 4.71. The van der Waals surface area contributed by atoms with E-state index in [0.717, 1.165) is 11.5 Å². The summed E-state index contributed by atoms with van der Waals surface area (Å²) in [4.78, 5) is 25.6. The number of carbonyl (C=O) groups is 1. The molecule has 122 valence electrons. The fourth-order valence-corrected chi connectivity index (χ4v) is 3.39. The Hall–Kier alpha value is -2.53. The van der Waals surface area contributed by atoms with Crippen LogP contribution in [0.2, 0.25) is 0 Å². The predicted molar refractivity (Wildman–Crippen MR) is 99.5 cm³/mol. The van der Waals surface area contributed by atoms with Crippen LogP contribution in [0.3, 0.4) is 0 Å². The van der Waals surface area contributed by atoms with Gasteiger partial charge >= 0.3 is 0 Å². The van der Waals surface area contributed by atoms with E-state index >= 15 is 0 Å². The average molecular weight is 338 g/mol. The number of rotatable bonds is 6. The molecule has 2 aromatic carbocycles. The molecule has 0 aliphatic rings. The Morgan fingerprint density at radius 2 is 1.92 bits per heavy atom. The lowest BCUT2D eigenvalue weighted by atomic mass is 10.1. The summed E-state index contributed by atoms with van der Waals surface area (Å²) in [5, 5.41) is 5.36. The molecule has 4 nitrogen and oxygen atoms in total. The van der Waals surface area contributed by atoms with Crippen molar-refractivity contribution in [1.82, 2.24) is 10.3 Å². The zero-order valence-electron chi connectivity index (χ0n) is 13.1. The molecule has 5 heteroatoms. The van der Waals surface area contributed by atoms with Crippen molar-refractivity contribution in [3.63, 3.8) is 0 Å². The molecule has 0 saturated heterocycles. The molecule has 3 rings (SSSR count). The minimum Gasteiger partial charge on any atom is -0.351 e. The fraction of sp³-hybridized carbons (Fsp3) is 0.158. The second-order valence-electron chi connectivity index (χ2n) is 5.39. The molecular formula is C19H18N2O2S. The van der Waals surface area contributed by atoms with E-state index in [9.17, 15) is 9.59 Å². The molecule has 1 heterocycles. The number of benzene rings is 2. The SMILES string of the molecule is O=C(NCCSCc1cccc2ccccc12)c1cc[nH]c(=O)c1. The zero-order valence-corrected chi connectivity index (χ0v) is 13.9. The molecule has 0 unspecified atom stereocenters. The van der Waals surface area contributed by atoms with Crippen LogP contribution in [-0.2, 0) is 5.75 Å². The van der Waals surface area contributed by atoms with Crippen LogP contribution in [0.5, 0.6) is 0 Å². The molecule has 2 N–H and O–H groups in total. The lowest BCUT2D eigenvalue weighted by Gasteiger charge is -2.07. The Balaban J connectivity index is 1.49. The van der Waals surface area contributed by atoms with Crippen LogP contribution in [-0.4, -0.2) is 23.2 Å². The van der Waals surface area contributed by atoms with Gasteiger partial charge in [-0.1, -0.05) is 42.5 Å².